The summed E-state index contributed by atoms with van der Waals surface area (Å²) >= 11 is 0.749. The molecule has 20 heavy (non-hydrogen) atoms. The molecule has 0 saturated carbocycles. The van der Waals surface area contributed by atoms with Gasteiger partial charge >= 0.3 is 93.1 Å². The van der Waals surface area contributed by atoms with Gasteiger partial charge in [-0.3, -0.25) is 9.59 Å². The van der Waals surface area contributed by atoms with E-state index in [9.17, 15) is 14.4 Å². The zero-order chi connectivity index (χ0) is 16.0. The fourth-order valence-corrected chi connectivity index (χ4v) is 1.73. The second-order valence-electron chi connectivity index (χ2n) is 4.74. The van der Waals surface area contributed by atoms with Crippen molar-refractivity contribution in [2.24, 2.45) is 5.73 Å². The molecule has 0 aliphatic carbocycles. The van der Waals surface area contributed by atoms with E-state index < -0.39 is 18.0 Å². The Balaban J connectivity index is 0. The van der Waals surface area contributed by atoms with Crippen LogP contribution in [0.1, 0.15) is 58.3 Å². The van der Waals surface area contributed by atoms with Gasteiger partial charge in [0.1, 0.15) is 6.04 Å². The van der Waals surface area contributed by atoms with Gasteiger partial charge in [0.15, 0.2) is 0 Å². The summed E-state index contributed by atoms with van der Waals surface area (Å²) in [6.45, 7) is 2.21. The maximum atomic E-state index is 10.5. The number of unbranched alkanes of at least 4 members (excludes halogenated alkanes) is 4. The molecule has 0 aromatic carbocycles. The minimum Gasteiger partial charge on any atom is -0.481 e. The SMILES string of the molecule is CCCCCCC[C](=O)[Na].NC(CCC(=O)O)C(=O)O. The van der Waals surface area contributed by atoms with Gasteiger partial charge in [-0.05, 0) is 6.42 Å². The molecule has 112 valence electrons. The molecular weight excluding hydrogens is 273 g/mol. The Kier molecular flexibility index (Phi) is 16.4. The zero-order valence-corrected chi connectivity index (χ0v) is 14.4. The largest absolute Gasteiger partial charge is 0.481 e. The van der Waals surface area contributed by atoms with Crippen molar-refractivity contribution in [3.63, 3.8) is 0 Å². The number of nitrogens with two attached hydrogens (primary N) is 1. The number of carboxylic acids is 2. The van der Waals surface area contributed by atoms with E-state index in [2.05, 4.69) is 6.92 Å². The van der Waals surface area contributed by atoms with E-state index >= 15 is 0 Å². The van der Waals surface area contributed by atoms with Crippen LogP contribution in [-0.2, 0) is 14.4 Å². The van der Waals surface area contributed by atoms with Gasteiger partial charge in [0.2, 0.25) is 0 Å². The summed E-state index contributed by atoms with van der Waals surface area (Å²) in [6.07, 6.45) is 6.92. The Morgan fingerprint density at radius 3 is 2.00 bits per heavy atom. The minimum absolute atomic E-state index is 0.0231. The van der Waals surface area contributed by atoms with Crippen molar-refractivity contribution in [3.05, 3.63) is 0 Å². The van der Waals surface area contributed by atoms with Crippen molar-refractivity contribution in [1.29, 1.82) is 0 Å². The van der Waals surface area contributed by atoms with Gasteiger partial charge in [-0.2, -0.15) is 0 Å². The third-order valence-corrected chi connectivity index (χ3v) is 3.12. The molecule has 0 aromatic heterocycles. The van der Waals surface area contributed by atoms with E-state index in [0.717, 1.165) is 40.8 Å². The van der Waals surface area contributed by atoms with E-state index in [1.807, 2.05) is 0 Å². The summed E-state index contributed by atoms with van der Waals surface area (Å²) in [7, 11) is 0. The monoisotopic (exact) mass is 297 g/mol. The van der Waals surface area contributed by atoms with E-state index in [1.54, 1.807) is 0 Å². The Labute approximate surface area is 137 Å². The molecule has 6 nitrogen and oxygen atoms in total. The Morgan fingerprint density at radius 2 is 1.60 bits per heavy atom. The number of aliphatic carboxylic acids is 2. The summed E-state index contributed by atoms with van der Waals surface area (Å²) in [6, 6.07) is -1.06. The van der Waals surface area contributed by atoms with Gasteiger partial charge in [0.25, 0.3) is 0 Å². The van der Waals surface area contributed by atoms with Crippen LogP contribution in [0.3, 0.4) is 0 Å². The average Bonchev–Trinajstić information content (AvgIpc) is 2.36. The minimum atomic E-state index is -1.17. The van der Waals surface area contributed by atoms with Crippen molar-refractivity contribution in [3.8, 4) is 0 Å². The molecule has 0 radical (unpaired) electrons. The van der Waals surface area contributed by atoms with Crippen LogP contribution in [-0.4, -0.2) is 59.2 Å². The molecule has 0 aromatic rings. The van der Waals surface area contributed by atoms with E-state index in [-0.39, 0.29) is 12.8 Å². The van der Waals surface area contributed by atoms with Crippen LogP contribution in [0, 0.1) is 0 Å². The van der Waals surface area contributed by atoms with E-state index in [1.165, 1.54) is 25.7 Å². The normalized spacial score (nSPS) is 11.2. The van der Waals surface area contributed by atoms with Crippen molar-refractivity contribution >= 4 is 42.9 Å². The first-order valence-corrected chi connectivity index (χ1v) is 8.00. The number of hydrogen-bond acceptors (Lipinski definition) is 4. The van der Waals surface area contributed by atoms with Crippen LogP contribution in [0.4, 0.5) is 0 Å². The second-order valence-corrected chi connectivity index (χ2v) is 5.86. The fourth-order valence-electron chi connectivity index (χ4n) is 1.38. The first-order valence-electron chi connectivity index (χ1n) is 7.00. The molecule has 0 aliphatic heterocycles. The van der Waals surface area contributed by atoms with Crippen LogP contribution in [0.5, 0.6) is 0 Å². The van der Waals surface area contributed by atoms with Gasteiger partial charge in [0.05, 0.1) is 0 Å². The molecule has 4 N–H and O–H groups in total. The predicted octanol–water partition coefficient (Wildman–Crippen LogP) is 1.31. The zero-order valence-electron chi connectivity index (χ0n) is 12.4. The standard InChI is InChI=1S/C8H15O.C5H9NO4.Na/c1-2-3-4-5-6-7-8-9;6-3(5(9)10)1-2-4(7)8;/h2-7H2,1H3;3H,1-2,6H2,(H,7,8)(H,9,10);. The van der Waals surface area contributed by atoms with Gasteiger partial charge in [0, 0.05) is 6.42 Å². The average molecular weight is 297 g/mol. The molecule has 0 bridgehead atoms. The number of hydrogen-bond donors (Lipinski definition) is 3. The summed E-state index contributed by atoms with van der Waals surface area (Å²) in [4.78, 5) is 30.4. The summed E-state index contributed by atoms with van der Waals surface area (Å²) in [5.41, 5.74) is 5.00. The summed E-state index contributed by atoms with van der Waals surface area (Å²) in [5.74, 6) is -2.20. The predicted molar refractivity (Wildman–Crippen MR) is 76.6 cm³/mol. The number of carbonyl (C=O) groups excluding carboxylic acids is 1. The maximum Gasteiger partial charge on any atom is 0.320 e. The third-order valence-electron chi connectivity index (χ3n) is 2.62. The Hall–Kier alpha value is -0.430. The maximum absolute atomic E-state index is 10.5. The van der Waals surface area contributed by atoms with E-state index in [0.29, 0.717) is 3.03 Å². The molecule has 0 amide bonds. The van der Waals surface area contributed by atoms with Gasteiger partial charge < -0.3 is 15.9 Å². The third kappa shape index (κ3) is 19.9. The Bertz CT molecular complexity index is 296. The quantitative estimate of drug-likeness (QED) is 0.413. The molecule has 0 spiro atoms. The molecule has 1 atom stereocenters. The smallest absolute Gasteiger partial charge is 0.320 e. The Morgan fingerprint density at radius 1 is 1.05 bits per heavy atom. The molecule has 0 aliphatic rings. The van der Waals surface area contributed by atoms with Crippen LogP contribution >= 0.6 is 0 Å². The molecule has 0 rings (SSSR count). The van der Waals surface area contributed by atoms with Crippen molar-refractivity contribution in [2.45, 2.75) is 64.3 Å². The molecule has 7 heteroatoms. The topological polar surface area (TPSA) is 118 Å². The van der Waals surface area contributed by atoms with Crippen LogP contribution in [0.15, 0.2) is 0 Å². The van der Waals surface area contributed by atoms with Crippen LogP contribution in [0.25, 0.3) is 0 Å². The van der Waals surface area contributed by atoms with Gasteiger partial charge in [-0.1, -0.05) is 0 Å². The molecule has 0 fully saturated rings. The molecule has 0 saturated heterocycles. The number of carbonyl (C=O) groups is 3. The van der Waals surface area contributed by atoms with Crippen LogP contribution < -0.4 is 5.73 Å². The summed E-state index contributed by atoms with van der Waals surface area (Å²) in [5, 5.41) is 16.3. The number of carboxylic acid groups (broad SMARTS) is 2. The van der Waals surface area contributed by atoms with Crippen LogP contribution in [0.2, 0.25) is 0 Å². The van der Waals surface area contributed by atoms with Gasteiger partial charge in [-0.15, -0.1) is 0 Å². The molecule has 1 unspecified atom stereocenters. The van der Waals surface area contributed by atoms with Crippen molar-refractivity contribution in [2.75, 3.05) is 0 Å². The van der Waals surface area contributed by atoms with Crippen molar-refractivity contribution in [1.82, 2.24) is 0 Å². The second kappa shape index (κ2) is 15.0. The molecular formula is C13H24NNaO5. The first kappa shape index (κ1) is 21.9. The summed E-state index contributed by atoms with van der Waals surface area (Å²) < 4.78 is 0.469. The first-order chi connectivity index (χ1) is 9.31. The number of rotatable bonds is 10. The fraction of sp³-hybridized carbons (Fsp3) is 0.769. The van der Waals surface area contributed by atoms with Gasteiger partial charge in [-0.25, -0.2) is 0 Å². The van der Waals surface area contributed by atoms with Crippen molar-refractivity contribution < 1.29 is 24.6 Å². The van der Waals surface area contributed by atoms with E-state index in [4.69, 9.17) is 15.9 Å². The molecule has 0 heterocycles.